The number of ether oxygens (including phenoxy) is 1. The Morgan fingerprint density at radius 2 is 1.42 bits per heavy atom. The maximum atomic E-state index is 11.1. The van der Waals surface area contributed by atoms with Gasteiger partial charge in [-0.25, -0.2) is 0 Å². The Balaban J connectivity index is 4.21. The summed E-state index contributed by atoms with van der Waals surface area (Å²) < 4.78 is 5.34. The van der Waals surface area contributed by atoms with Gasteiger partial charge in [0.25, 0.3) is 0 Å². The fourth-order valence-corrected chi connectivity index (χ4v) is 2.47. The molecule has 0 heterocycles. The van der Waals surface area contributed by atoms with Gasteiger partial charge in [0.1, 0.15) is 5.60 Å². The van der Waals surface area contributed by atoms with Gasteiger partial charge in [0.05, 0.1) is 0 Å². The summed E-state index contributed by atoms with van der Waals surface area (Å²) in [4.78, 5) is 11.1. The zero-order valence-corrected chi connectivity index (χ0v) is 16.6. The van der Waals surface area contributed by atoms with Crippen molar-refractivity contribution >= 4 is 5.97 Å². The van der Waals surface area contributed by atoms with Crippen LogP contribution in [0.2, 0.25) is 0 Å². The number of hydrogen-bond acceptors (Lipinski definition) is 2. The minimum atomic E-state index is -0.565. The molecule has 1 unspecified atom stereocenters. The van der Waals surface area contributed by atoms with Crippen molar-refractivity contribution in [1.82, 2.24) is 0 Å². The van der Waals surface area contributed by atoms with Gasteiger partial charge < -0.3 is 4.74 Å². The summed E-state index contributed by atoms with van der Waals surface area (Å²) in [5.74, 6) is -0.258. The average Bonchev–Trinajstić information content (AvgIpc) is 2.46. The third-order valence-corrected chi connectivity index (χ3v) is 4.06. The smallest absolute Gasteiger partial charge is 0.303 e. The Labute approximate surface area is 149 Å². The second-order valence-corrected chi connectivity index (χ2v) is 7.11. The van der Waals surface area contributed by atoms with Crippen molar-refractivity contribution in [2.45, 2.75) is 85.7 Å². The van der Waals surface area contributed by atoms with Gasteiger partial charge in [-0.1, -0.05) is 41.5 Å². The molecular weight excluding hydrogens is 296 g/mol. The summed E-state index contributed by atoms with van der Waals surface area (Å²) in [6.45, 7) is 15.8. The van der Waals surface area contributed by atoms with Crippen molar-refractivity contribution in [1.29, 1.82) is 0 Å². The maximum Gasteiger partial charge on any atom is 0.303 e. The van der Waals surface area contributed by atoms with Crippen LogP contribution >= 0.6 is 0 Å². The lowest BCUT2D eigenvalue weighted by atomic mass is 9.98. The van der Waals surface area contributed by atoms with Gasteiger partial charge >= 0.3 is 5.97 Å². The van der Waals surface area contributed by atoms with Crippen LogP contribution in [0.1, 0.15) is 80.1 Å². The summed E-state index contributed by atoms with van der Waals surface area (Å²) in [7, 11) is 0. The number of carbonyl (C=O) groups excluding carboxylic acids is 1. The van der Waals surface area contributed by atoms with E-state index in [2.05, 4.69) is 52.5 Å². The van der Waals surface area contributed by atoms with Gasteiger partial charge in [0, 0.05) is 6.92 Å². The molecule has 0 spiro atoms. The standard InChI is InChI=1S/C22H36O2/c1-8-22(7,24-21(6)23)17-11-16-20(5)15-10-14-19(4)13-9-12-18(2)3/h8,12,14,16H,1,9-11,13,15,17H2,2-7H3/b19-14+,20-16?. The largest absolute Gasteiger partial charge is 0.455 e. The quantitative estimate of drug-likeness (QED) is 0.311. The van der Waals surface area contributed by atoms with Crippen LogP contribution < -0.4 is 0 Å². The summed E-state index contributed by atoms with van der Waals surface area (Å²) in [6, 6.07) is 0. The van der Waals surface area contributed by atoms with Crippen molar-refractivity contribution in [3.05, 3.63) is 47.6 Å². The molecule has 0 aliphatic carbocycles. The van der Waals surface area contributed by atoms with Crippen LogP contribution in [0.15, 0.2) is 47.6 Å². The second kappa shape index (κ2) is 11.9. The normalized spacial score (nSPS) is 14.8. The van der Waals surface area contributed by atoms with Crippen LogP contribution in [0.4, 0.5) is 0 Å². The zero-order valence-electron chi connectivity index (χ0n) is 16.6. The molecule has 0 fully saturated rings. The highest BCUT2D eigenvalue weighted by molar-refractivity contribution is 5.66. The maximum absolute atomic E-state index is 11.1. The van der Waals surface area contributed by atoms with E-state index in [9.17, 15) is 4.79 Å². The zero-order chi connectivity index (χ0) is 18.6. The van der Waals surface area contributed by atoms with E-state index in [1.807, 2.05) is 6.92 Å². The SMILES string of the molecule is C=CC(C)(CCC=C(C)CC/C=C(\C)CCC=C(C)C)OC(C)=O. The molecule has 2 nitrogen and oxygen atoms in total. The fraction of sp³-hybridized carbons (Fsp3) is 0.591. The van der Waals surface area contributed by atoms with E-state index >= 15 is 0 Å². The van der Waals surface area contributed by atoms with E-state index in [4.69, 9.17) is 4.74 Å². The van der Waals surface area contributed by atoms with Gasteiger partial charge in [-0.2, -0.15) is 0 Å². The van der Waals surface area contributed by atoms with Gasteiger partial charge in [-0.15, -0.1) is 0 Å². The highest BCUT2D eigenvalue weighted by atomic mass is 16.6. The van der Waals surface area contributed by atoms with E-state index in [0.717, 1.165) is 38.5 Å². The number of rotatable bonds is 11. The monoisotopic (exact) mass is 332 g/mol. The Kier molecular flexibility index (Phi) is 11.1. The first-order chi connectivity index (χ1) is 11.2. The van der Waals surface area contributed by atoms with Crippen LogP contribution in [-0.2, 0) is 9.53 Å². The van der Waals surface area contributed by atoms with Crippen molar-refractivity contribution in [3.63, 3.8) is 0 Å². The van der Waals surface area contributed by atoms with E-state index in [1.54, 1.807) is 6.08 Å². The average molecular weight is 333 g/mol. The van der Waals surface area contributed by atoms with Gasteiger partial charge in [0.15, 0.2) is 0 Å². The van der Waals surface area contributed by atoms with Crippen molar-refractivity contribution < 1.29 is 9.53 Å². The predicted molar refractivity (Wildman–Crippen MR) is 105 cm³/mol. The first-order valence-electron chi connectivity index (χ1n) is 8.96. The van der Waals surface area contributed by atoms with Crippen LogP contribution in [-0.4, -0.2) is 11.6 Å². The minimum Gasteiger partial charge on any atom is -0.455 e. The van der Waals surface area contributed by atoms with E-state index in [0.29, 0.717) is 0 Å². The summed E-state index contributed by atoms with van der Waals surface area (Å²) in [6.07, 6.45) is 14.7. The molecular formula is C22H36O2. The second-order valence-electron chi connectivity index (χ2n) is 7.11. The Hall–Kier alpha value is -1.57. The Bertz CT molecular complexity index is 490. The number of hydrogen-bond donors (Lipinski definition) is 0. The molecule has 0 aliphatic rings. The lowest BCUT2D eigenvalue weighted by Crippen LogP contribution is -2.27. The van der Waals surface area contributed by atoms with Crippen LogP contribution in [0.3, 0.4) is 0 Å². The highest BCUT2D eigenvalue weighted by Gasteiger charge is 2.22. The fourth-order valence-electron chi connectivity index (χ4n) is 2.47. The molecule has 0 saturated heterocycles. The van der Waals surface area contributed by atoms with Crippen molar-refractivity contribution in [2.75, 3.05) is 0 Å². The van der Waals surface area contributed by atoms with Crippen molar-refractivity contribution in [2.24, 2.45) is 0 Å². The number of allylic oxidation sites excluding steroid dienone is 6. The van der Waals surface area contributed by atoms with E-state index in [1.165, 1.54) is 23.6 Å². The predicted octanol–water partition coefficient (Wildman–Crippen LogP) is 6.69. The minimum absolute atomic E-state index is 0.258. The first-order valence-corrected chi connectivity index (χ1v) is 8.96. The highest BCUT2D eigenvalue weighted by Crippen LogP contribution is 2.21. The van der Waals surface area contributed by atoms with Gasteiger partial charge in [0.2, 0.25) is 0 Å². The molecule has 0 amide bonds. The number of carbonyl (C=O) groups is 1. The molecule has 0 aromatic heterocycles. The summed E-state index contributed by atoms with van der Waals surface area (Å²) in [5.41, 5.74) is 3.68. The molecule has 1 atom stereocenters. The van der Waals surface area contributed by atoms with E-state index < -0.39 is 5.60 Å². The molecule has 0 bridgehead atoms. The van der Waals surface area contributed by atoms with Gasteiger partial charge in [-0.3, -0.25) is 4.79 Å². The molecule has 0 aromatic rings. The topological polar surface area (TPSA) is 26.3 Å². The van der Waals surface area contributed by atoms with Gasteiger partial charge in [-0.05, 0) is 79.2 Å². The summed E-state index contributed by atoms with van der Waals surface area (Å²) >= 11 is 0. The molecule has 0 aromatic carbocycles. The Morgan fingerprint density at radius 3 is 1.88 bits per heavy atom. The molecule has 2 heteroatoms. The van der Waals surface area contributed by atoms with Crippen molar-refractivity contribution in [3.8, 4) is 0 Å². The number of esters is 1. The molecule has 136 valence electrons. The van der Waals surface area contributed by atoms with Crippen LogP contribution in [0.25, 0.3) is 0 Å². The molecule has 0 rings (SSSR count). The van der Waals surface area contributed by atoms with E-state index in [-0.39, 0.29) is 5.97 Å². The molecule has 0 radical (unpaired) electrons. The third-order valence-electron chi connectivity index (χ3n) is 4.06. The molecule has 24 heavy (non-hydrogen) atoms. The lowest BCUT2D eigenvalue weighted by Gasteiger charge is -2.24. The molecule has 0 saturated carbocycles. The molecule has 0 N–H and O–H groups in total. The summed E-state index contributed by atoms with van der Waals surface area (Å²) in [5, 5.41) is 0. The van der Waals surface area contributed by atoms with Crippen LogP contribution in [0, 0.1) is 0 Å². The third kappa shape index (κ3) is 11.9. The van der Waals surface area contributed by atoms with Crippen LogP contribution in [0.5, 0.6) is 0 Å². The first kappa shape index (κ1) is 22.4. The molecule has 0 aliphatic heterocycles. The Morgan fingerprint density at radius 1 is 0.917 bits per heavy atom. The lowest BCUT2D eigenvalue weighted by molar-refractivity contribution is -0.151.